The van der Waals surface area contributed by atoms with Crippen LogP contribution in [0.25, 0.3) is 11.4 Å². The summed E-state index contributed by atoms with van der Waals surface area (Å²) < 4.78 is 5.43. The summed E-state index contributed by atoms with van der Waals surface area (Å²) in [4.78, 5) is 21.2. The predicted octanol–water partition coefficient (Wildman–Crippen LogP) is 5.01. The lowest BCUT2D eigenvalue weighted by Gasteiger charge is -2.36. The first-order valence-corrected chi connectivity index (χ1v) is 11.0. The van der Waals surface area contributed by atoms with E-state index < -0.39 is 0 Å². The van der Waals surface area contributed by atoms with Crippen LogP contribution in [0.2, 0.25) is 5.02 Å². The molecular formula is C23H24ClN5O2. The van der Waals surface area contributed by atoms with Crippen molar-refractivity contribution in [2.45, 2.75) is 25.2 Å². The number of halogens is 1. The molecule has 1 aliphatic carbocycles. The molecule has 0 spiro atoms. The van der Waals surface area contributed by atoms with Crippen molar-refractivity contribution in [3.8, 4) is 11.4 Å². The number of carbonyl (C=O) groups is 1. The maximum atomic E-state index is 12.6. The molecule has 7 nitrogen and oxygen atoms in total. The Bertz CT molecular complexity index is 1060. The summed E-state index contributed by atoms with van der Waals surface area (Å²) in [6.07, 6.45) is 3.53. The zero-order valence-electron chi connectivity index (χ0n) is 17.1. The molecule has 1 aromatic heterocycles. The summed E-state index contributed by atoms with van der Waals surface area (Å²) >= 11 is 6.14. The number of piperazine rings is 1. The smallest absolute Gasteiger partial charge is 0.322 e. The molecule has 1 saturated carbocycles. The highest BCUT2D eigenvalue weighted by Gasteiger charge is 2.26. The average molecular weight is 438 g/mol. The molecule has 2 aliphatic rings. The van der Waals surface area contributed by atoms with Crippen LogP contribution in [0.5, 0.6) is 0 Å². The van der Waals surface area contributed by atoms with E-state index in [9.17, 15) is 4.79 Å². The average Bonchev–Trinajstić information content (AvgIpc) is 3.24. The van der Waals surface area contributed by atoms with Gasteiger partial charge in [0, 0.05) is 43.3 Å². The van der Waals surface area contributed by atoms with Gasteiger partial charge in [-0.05, 0) is 49.2 Å². The van der Waals surface area contributed by atoms with Gasteiger partial charge in [-0.25, -0.2) is 4.79 Å². The van der Waals surface area contributed by atoms with Gasteiger partial charge in [-0.1, -0.05) is 35.3 Å². The number of carbonyl (C=O) groups excluding carboxylic acids is 1. The predicted molar refractivity (Wildman–Crippen MR) is 121 cm³/mol. The molecule has 0 atom stereocenters. The molecule has 1 saturated heterocycles. The first-order valence-electron chi connectivity index (χ1n) is 10.7. The summed E-state index contributed by atoms with van der Waals surface area (Å²) in [5.41, 5.74) is 2.71. The van der Waals surface area contributed by atoms with E-state index in [1.54, 1.807) is 12.1 Å². The number of hydrogen-bond acceptors (Lipinski definition) is 5. The fourth-order valence-corrected chi connectivity index (χ4v) is 4.10. The van der Waals surface area contributed by atoms with Gasteiger partial charge in [0.2, 0.25) is 11.7 Å². The largest absolute Gasteiger partial charge is 0.368 e. The molecular weight excluding hydrogens is 414 g/mol. The van der Waals surface area contributed by atoms with Gasteiger partial charge in [0.05, 0.1) is 10.7 Å². The van der Waals surface area contributed by atoms with Gasteiger partial charge < -0.3 is 19.6 Å². The Morgan fingerprint density at radius 3 is 2.45 bits per heavy atom. The third-order valence-electron chi connectivity index (χ3n) is 6.07. The normalized spacial score (nSPS) is 16.8. The van der Waals surface area contributed by atoms with E-state index in [0.717, 1.165) is 43.1 Å². The van der Waals surface area contributed by atoms with Crippen molar-refractivity contribution in [2.24, 2.45) is 0 Å². The standard InChI is InChI=1S/C23H24ClN5O2/c24-19-6-1-2-7-20(19)25-23(30)29-14-12-28(13-15-29)18-10-8-16(9-11-18)21-26-22(31-27-21)17-4-3-5-17/h1-2,6-11,17H,3-5,12-15H2,(H,25,30). The van der Waals surface area contributed by atoms with Crippen LogP contribution in [-0.2, 0) is 0 Å². The Morgan fingerprint density at radius 1 is 1.03 bits per heavy atom. The third kappa shape index (κ3) is 4.23. The second-order valence-corrected chi connectivity index (χ2v) is 8.42. The van der Waals surface area contributed by atoms with Gasteiger partial charge in [0.25, 0.3) is 0 Å². The number of urea groups is 1. The lowest BCUT2D eigenvalue weighted by molar-refractivity contribution is 0.208. The minimum absolute atomic E-state index is 0.123. The van der Waals surface area contributed by atoms with Gasteiger partial charge in [0.1, 0.15) is 0 Å². The molecule has 2 amide bonds. The van der Waals surface area contributed by atoms with Gasteiger partial charge in [-0.15, -0.1) is 0 Å². The quantitative estimate of drug-likeness (QED) is 0.620. The van der Waals surface area contributed by atoms with Crippen molar-refractivity contribution < 1.29 is 9.32 Å². The molecule has 2 heterocycles. The first kappa shape index (κ1) is 19.9. The minimum atomic E-state index is -0.123. The number of nitrogens with zero attached hydrogens (tertiary/aromatic N) is 4. The molecule has 0 bridgehead atoms. The molecule has 2 aromatic carbocycles. The summed E-state index contributed by atoms with van der Waals surface area (Å²) in [5, 5.41) is 7.57. The molecule has 160 valence electrons. The second kappa shape index (κ2) is 8.59. The number of nitrogens with one attached hydrogen (secondary N) is 1. The molecule has 5 rings (SSSR count). The molecule has 1 N–H and O–H groups in total. The van der Waals surface area contributed by atoms with E-state index in [1.807, 2.05) is 29.2 Å². The Hall–Kier alpha value is -3.06. The van der Waals surface area contributed by atoms with Crippen LogP contribution in [0.3, 0.4) is 0 Å². The zero-order chi connectivity index (χ0) is 21.2. The summed E-state index contributed by atoms with van der Waals surface area (Å²) in [6, 6.07) is 15.4. The number of hydrogen-bond donors (Lipinski definition) is 1. The van der Waals surface area contributed by atoms with Crippen LogP contribution < -0.4 is 10.2 Å². The van der Waals surface area contributed by atoms with Crippen LogP contribution >= 0.6 is 11.6 Å². The number of anilines is 2. The lowest BCUT2D eigenvalue weighted by atomic mass is 9.85. The maximum Gasteiger partial charge on any atom is 0.322 e. The van der Waals surface area contributed by atoms with Crippen molar-refractivity contribution in [1.82, 2.24) is 15.0 Å². The third-order valence-corrected chi connectivity index (χ3v) is 6.40. The molecule has 0 radical (unpaired) electrons. The highest BCUT2D eigenvalue weighted by molar-refractivity contribution is 6.33. The number of amides is 2. The Balaban J connectivity index is 1.17. The number of benzene rings is 2. The van der Waals surface area contributed by atoms with E-state index in [2.05, 4.69) is 32.5 Å². The summed E-state index contributed by atoms with van der Waals surface area (Å²) in [7, 11) is 0. The van der Waals surface area contributed by atoms with E-state index in [0.29, 0.717) is 35.5 Å². The van der Waals surface area contributed by atoms with Crippen LogP contribution in [-0.4, -0.2) is 47.3 Å². The topological polar surface area (TPSA) is 74.5 Å². The lowest BCUT2D eigenvalue weighted by Crippen LogP contribution is -2.50. The highest BCUT2D eigenvalue weighted by Crippen LogP contribution is 2.36. The molecule has 2 fully saturated rings. The Kier molecular flexibility index (Phi) is 5.51. The molecule has 8 heteroatoms. The molecule has 3 aromatic rings. The molecule has 31 heavy (non-hydrogen) atoms. The van der Waals surface area contributed by atoms with Gasteiger partial charge in [-0.3, -0.25) is 0 Å². The van der Waals surface area contributed by atoms with Gasteiger partial charge in [0.15, 0.2) is 0 Å². The van der Waals surface area contributed by atoms with Crippen molar-refractivity contribution in [3.63, 3.8) is 0 Å². The van der Waals surface area contributed by atoms with Crippen LogP contribution in [0.1, 0.15) is 31.1 Å². The van der Waals surface area contributed by atoms with Gasteiger partial charge in [-0.2, -0.15) is 4.98 Å². The maximum absolute atomic E-state index is 12.6. The number of aromatic nitrogens is 2. The fourth-order valence-electron chi connectivity index (χ4n) is 3.92. The van der Waals surface area contributed by atoms with E-state index in [4.69, 9.17) is 16.1 Å². The first-order chi connectivity index (χ1) is 15.2. The molecule has 1 aliphatic heterocycles. The molecule has 0 unspecified atom stereocenters. The van der Waals surface area contributed by atoms with Crippen LogP contribution in [0.4, 0.5) is 16.2 Å². The number of para-hydroxylation sites is 1. The SMILES string of the molecule is O=C(Nc1ccccc1Cl)N1CCN(c2ccc(-c3noc(C4CCC4)n3)cc2)CC1. The Labute approximate surface area is 186 Å². The van der Waals surface area contributed by atoms with Crippen molar-refractivity contribution in [1.29, 1.82) is 0 Å². The second-order valence-electron chi connectivity index (χ2n) is 8.02. The van der Waals surface area contributed by atoms with Crippen molar-refractivity contribution in [3.05, 3.63) is 59.4 Å². The van der Waals surface area contributed by atoms with Crippen molar-refractivity contribution >= 4 is 29.0 Å². The van der Waals surface area contributed by atoms with Crippen LogP contribution in [0, 0.1) is 0 Å². The Morgan fingerprint density at radius 2 is 1.77 bits per heavy atom. The monoisotopic (exact) mass is 437 g/mol. The number of rotatable bonds is 4. The van der Waals surface area contributed by atoms with Gasteiger partial charge >= 0.3 is 6.03 Å². The van der Waals surface area contributed by atoms with E-state index in [1.165, 1.54) is 6.42 Å². The van der Waals surface area contributed by atoms with Crippen LogP contribution in [0.15, 0.2) is 53.1 Å². The summed E-state index contributed by atoms with van der Waals surface area (Å²) in [6.45, 7) is 2.83. The zero-order valence-corrected chi connectivity index (χ0v) is 17.9. The fraction of sp³-hybridized carbons (Fsp3) is 0.348. The summed E-state index contributed by atoms with van der Waals surface area (Å²) in [5.74, 6) is 1.85. The highest BCUT2D eigenvalue weighted by atomic mass is 35.5. The van der Waals surface area contributed by atoms with E-state index in [-0.39, 0.29) is 6.03 Å². The van der Waals surface area contributed by atoms with Crippen molar-refractivity contribution in [2.75, 3.05) is 36.4 Å². The van der Waals surface area contributed by atoms with E-state index >= 15 is 0 Å². The minimum Gasteiger partial charge on any atom is -0.368 e.